The Kier molecular flexibility index (Phi) is 6.45. The molecule has 0 spiro atoms. The van der Waals surface area contributed by atoms with Gasteiger partial charge in [0.1, 0.15) is 11.0 Å². The summed E-state index contributed by atoms with van der Waals surface area (Å²) >= 11 is 6.31. The highest BCUT2D eigenvalue weighted by molar-refractivity contribution is 6.39. The molecule has 0 radical (unpaired) electrons. The summed E-state index contributed by atoms with van der Waals surface area (Å²) in [5, 5.41) is 3.29. The van der Waals surface area contributed by atoms with E-state index in [1.807, 2.05) is 48.5 Å². The Labute approximate surface area is 142 Å². The molecule has 3 nitrogen and oxygen atoms in total. The number of nitrogens with two attached hydrogens (primary N) is 1. The van der Waals surface area contributed by atoms with Gasteiger partial charge in [-0.3, -0.25) is 4.99 Å². The van der Waals surface area contributed by atoms with Crippen molar-refractivity contribution in [3.8, 4) is 0 Å². The molecule has 2 aromatic carbocycles. The Morgan fingerprint density at radius 3 is 2.30 bits per heavy atom. The molecule has 4 heteroatoms. The molecule has 0 aliphatic rings. The van der Waals surface area contributed by atoms with Gasteiger partial charge in [0.05, 0.1) is 5.57 Å². The van der Waals surface area contributed by atoms with Crippen molar-refractivity contribution in [1.82, 2.24) is 5.32 Å². The van der Waals surface area contributed by atoms with Crippen molar-refractivity contribution in [2.75, 3.05) is 6.54 Å². The molecule has 118 valence electrons. The molecule has 2 rings (SSSR count). The van der Waals surface area contributed by atoms with E-state index in [9.17, 15) is 0 Å². The van der Waals surface area contributed by atoms with Crippen LogP contribution in [0.25, 0.3) is 5.57 Å². The Morgan fingerprint density at radius 1 is 1.09 bits per heavy atom. The minimum absolute atomic E-state index is 0.409. The van der Waals surface area contributed by atoms with Crippen LogP contribution < -0.4 is 11.1 Å². The zero-order valence-corrected chi connectivity index (χ0v) is 13.6. The molecule has 0 fully saturated rings. The minimum atomic E-state index is 0.409. The van der Waals surface area contributed by atoms with Gasteiger partial charge in [0.2, 0.25) is 0 Å². The van der Waals surface area contributed by atoms with Gasteiger partial charge in [-0.1, -0.05) is 78.8 Å². The Bertz CT molecular complexity index is 691. The molecule has 0 saturated heterocycles. The second-order valence-corrected chi connectivity index (χ2v) is 5.28. The molecule has 3 N–H and O–H groups in total. The fourth-order valence-corrected chi connectivity index (χ4v) is 2.47. The smallest absolute Gasteiger partial charge is 0.129 e. The number of nitrogens with zero attached hydrogens (tertiary/aromatic N) is 1. The van der Waals surface area contributed by atoms with Crippen molar-refractivity contribution in [3.05, 3.63) is 89.7 Å². The number of aliphatic imine (C=N–C) groups is 1. The van der Waals surface area contributed by atoms with Crippen LogP contribution in [0.15, 0.2) is 83.6 Å². The molecule has 0 aromatic heterocycles. The molecule has 0 saturated carbocycles. The second-order valence-electron chi connectivity index (χ2n) is 4.91. The lowest BCUT2D eigenvalue weighted by molar-refractivity contribution is 0.967. The number of benzene rings is 2. The SMILES string of the molecule is C=CNC(Cl)=C(C(N)=NCCc1ccccc1)c1ccccc1. The number of amidine groups is 1. The zero-order chi connectivity index (χ0) is 16.5. The summed E-state index contributed by atoms with van der Waals surface area (Å²) in [4.78, 5) is 4.48. The van der Waals surface area contributed by atoms with Crippen molar-refractivity contribution >= 4 is 23.0 Å². The van der Waals surface area contributed by atoms with Crippen LogP contribution in [0, 0.1) is 0 Å². The maximum atomic E-state index is 6.31. The zero-order valence-electron chi connectivity index (χ0n) is 12.9. The normalized spacial score (nSPS) is 12.5. The monoisotopic (exact) mass is 325 g/mol. The highest BCUT2D eigenvalue weighted by Crippen LogP contribution is 2.20. The van der Waals surface area contributed by atoms with E-state index in [0.29, 0.717) is 23.1 Å². The third-order valence-corrected chi connectivity index (χ3v) is 3.59. The molecule has 0 heterocycles. The summed E-state index contributed by atoms with van der Waals surface area (Å²) in [6, 6.07) is 19.9. The van der Waals surface area contributed by atoms with Crippen molar-refractivity contribution in [2.24, 2.45) is 10.7 Å². The van der Waals surface area contributed by atoms with E-state index < -0.39 is 0 Å². The predicted molar refractivity (Wildman–Crippen MR) is 99.2 cm³/mol. The molecule has 0 bridgehead atoms. The van der Waals surface area contributed by atoms with E-state index in [2.05, 4.69) is 29.0 Å². The van der Waals surface area contributed by atoms with Gasteiger partial charge >= 0.3 is 0 Å². The molecular formula is C19H20ClN3. The van der Waals surface area contributed by atoms with Crippen LogP contribution in [0.4, 0.5) is 0 Å². The third kappa shape index (κ3) is 5.01. The van der Waals surface area contributed by atoms with E-state index in [0.717, 1.165) is 12.0 Å². The lowest BCUT2D eigenvalue weighted by Gasteiger charge is -2.11. The maximum Gasteiger partial charge on any atom is 0.129 e. The summed E-state index contributed by atoms with van der Waals surface area (Å²) in [6.07, 6.45) is 2.35. The van der Waals surface area contributed by atoms with Gasteiger partial charge < -0.3 is 11.1 Å². The summed E-state index contributed by atoms with van der Waals surface area (Å²) in [6.45, 7) is 4.23. The van der Waals surface area contributed by atoms with Crippen LogP contribution in [0.2, 0.25) is 0 Å². The second kappa shape index (κ2) is 8.81. The van der Waals surface area contributed by atoms with Gasteiger partial charge in [0, 0.05) is 6.54 Å². The van der Waals surface area contributed by atoms with Crippen LogP contribution in [-0.4, -0.2) is 12.4 Å². The molecule has 0 aliphatic carbocycles. The van der Waals surface area contributed by atoms with E-state index in [1.165, 1.54) is 11.8 Å². The Morgan fingerprint density at radius 2 is 1.70 bits per heavy atom. The molecule has 0 amide bonds. The molecule has 0 atom stereocenters. The quantitative estimate of drug-likeness (QED) is 0.460. The van der Waals surface area contributed by atoms with E-state index >= 15 is 0 Å². The van der Waals surface area contributed by atoms with Crippen molar-refractivity contribution in [3.63, 3.8) is 0 Å². The van der Waals surface area contributed by atoms with Gasteiger partial charge in [-0.2, -0.15) is 0 Å². The lowest BCUT2D eigenvalue weighted by atomic mass is 10.1. The van der Waals surface area contributed by atoms with Gasteiger partial charge in [-0.25, -0.2) is 0 Å². The summed E-state index contributed by atoms with van der Waals surface area (Å²) in [5.74, 6) is 0.409. The van der Waals surface area contributed by atoms with E-state index in [4.69, 9.17) is 17.3 Å². The Hall–Kier alpha value is -2.52. The van der Waals surface area contributed by atoms with Crippen LogP contribution in [0.3, 0.4) is 0 Å². The standard InChI is InChI=1S/C19H20ClN3/c1-2-22-18(20)17(16-11-7-4-8-12-16)19(21)23-14-13-15-9-5-3-6-10-15/h2-12,22H,1,13-14H2,(H2,21,23). The average Bonchev–Trinajstić information content (AvgIpc) is 2.57. The molecule has 23 heavy (non-hydrogen) atoms. The van der Waals surface area contributed by atoms with Gasteiger partial charge in [0.25, 0.3) is 0 Å². The first-order valence-corrected chi connectivity index (χ1v) is 7.77. The fourth-order valence-electron chi connectivity index (χ4n) is 2.18. The summed E-state index contributed by atoms with van der Waals surface area (Å²) < 4.78 is 0. The first kappa shape index (κ1) is 16.8. The average molecular weight is 326 g/mol. The lowest BCUT2D eigenvalue weighted by Crippen LogP contribution is -2.19. The number of halogens is 1. The van der Waals surface area contributed by atoms with Gasteiger partial charge in [0.15, 0.2) is 0 Å². The first-order chi connectivity index (χ1) is 11.2. The highest BCUT2D eigenvalue weighted by atomic mass is 35.5. The molecule has 2 aromatic rings. The minimum Gasteiger partial charge on any atom is -0.383 e. The van der Waals surface area contributed by atoms with Crippen LogP contribution in [0.5, 0.6) is 0 Å². The van der Waals surface area contributed by atoms with Gasteiger partial charge in [-0.15, -0.1) is 0 Å². The Balaban J connectivity index is 2.20. The number of nitrogens with one attached hydrogen (secondary N) is 1. The van der Waals surface area contributed by atoms with Gasteiger partial charge in [-0.05, 0) is 23.7 Å². The molecule has 0 aliphatic heterocycles. The fraction of sp³-hybridized carbons (Fsp3) is 0.105. The summed E-state index contributed by atoms with van der Waals surface area (Å²) in [5.41, 5.74) is 9.00. The molecule has 0 unspecified atom stereocenters. The van der Waals surface area contributed by atoms with E-state index in [-0.39, 0.29) is 0 Å². The number of rotatable bonds is 7. The largest absolute Gasteiger partial charge is 0.383 e. The van der Waals surface area contributed by atoms with Crippen LogP contribution in [-0.2, 0) is 6.42 Å². The maximum absolute atomic E-state index is 6.31. The van der Waals surface area contributed by atoms with Crippen molar-refractivity contribution < 1.29 is 0 Å². The van der Waals surface area contributed by atoms with Crippen molar-refractivity contribution in [1.29, 1.82) is 0 Å². The highest BCUT2D eigenvalue weighted by Gasteiger charge is 2.11. The topological polar surface area (TPSA) is 50.4 Å². The molecular weight excluding hydrogens is 306 g/mol. The van der Waals surface area contributed by atoms with Crippen LogP contribution in [0.1, 0.15) is 11.1 Å². The van der Waals surface area contributed by atoms with Crippen molar-refractivity contribution in [2.45, 2.75) is 6.42 Å². The predicted octanol–water partition coefficient (Wildman–Crippen LogP) is 3.93. The summed E-state index contributed by atoms with van der Waals surface area (Å²) in [7, 11) is 0. The number of hydrogen-bond donors (Lipinski definition) is 2. The number of hydrogen-bond acceptors (Lipinski definition) is 2. The van der Waals surface area contributed by atoms with E-state index in [1.54, 1.807) is 0 Å². The third-order valence-electron chi connectivity index (χ3n) is 3.29. The van der Waals surface area contributed by atoms with Crippen LogP contribution >= 0.6 is 11.6 Å². The first-order valence-electron chi connectivity index (χ1n) is 7.39.